The molecule has 0 aromatic carbocycles. The molecule has 0 radical (unpaired) electrons. The lowest BCUT2D eigenvalue weighted by Gasteiger charge is -2.36. The lowest BCUT2D eigenvalue weighted by Crippen LogP contribution is -2.46. The highest BCUT2D eigenvalue weighted by atomic mass is 32.2. The summed E-state index contributed by atoms with van der Waals surface area (Å²) < 4.78 is 22.7. The highest BCUT2D eigenvalue weighted by Gasteiger charge is 2.36. The molecular weight excluding hydrogens is 278 g/mol. The van der Waals surface area contributed by atoms with Gasteiger partial charge in [0.15, 0.2) is 9.84 Å². The van der Waals surface area contributed by atoms with Crippen molar-refractivity contribution in [2.24, 2.45) is 11.8 Å². The smallest absolute Gasteiger partial charge is 0.224 e. The monoisotopic (exact) mass is 303 g/mol. The van der Waals surface area contributed by atoms with E-state index >= 15 is 0 Å². The molecule has 1 aliphatic heterocycles. The first kappa shape index (κ1) is 15.8. The molecule has 2 N–H and O–H groups in total. The topological polar surface area (TPSA) is 83.5 Å². The Hall–Kier alpha value is -0.620. The second kappa shape index (κ2) is 6.02. The van der Waals surface area contributed by atoms with Crippen LogP contribution in [0.2, 0.25) is 0 Å². The van der Waals surface area contributed by atoms with E-state index in [1.807, 2.05) is 0 Å². The normalized spacial score (nSPS) is 36.7. The molecule has 2 rings (SSSR count). The zero-order valence-corrected chi connectivity index (χ0v) is 12.9. The number of rotatable bonds is 4. The quantitative estimate of drug-likeness (QED) is 0.807. The molecule has 20 heavy (non-hydrogen) atoms. The number of sulfone groups is 1. The molecule has 6 heteroatoms. The van der Waals surface area contributed by atoms with Crippen molar-refractivity contribution in [3.63, 3.8) is 0 Å². The number of carbonyl (C=O) groups is 1. The summed E-state index contributed by atoms with van der Waals surface area (Å²) in [7, 11) is -3.03. The highest BCUT2D eigenvalue weighted by Crippen LogP contribution is 2.33. The predicted octanol–water partition coefficient (Wildman–Crippen LogP) is 0.869. The lowest BCUT2D eigenvalue weighted by atomic mass is 9.78. The molecule has 0 spiro atoms. The van der Waals surface area contributed by atoms with Crippen LogP contribution in [0.25, 0.3) is 0 Å². The molecule has 1 atom stereocenters. The molecule has 0 bridgehead atoms. The van der Waals surface area contributed by atoms with E-state index in [-0.39, 0.29) is 24.0 Å². The first-order valence-corrected chi connectivity index (χ1v) is 9.36. The van der Waals surface area contributed by atoms with Crippen molar-refractivity contribution in [2.45, 2.75) is 51.0 Å². The predicted molar refractivity (Wildman–Crippen MR) is 77.0 cm³/mol. The van der Waals surface area contributed by atoms with Gasteiger partial charge in [-0.3, -0.25) is 4.79 Å². The van der Waals surface area contributed by atoms with E-state index in [4.69, 9.17) is 0 Å². The van der Waals surface area contributed by atoms with Gasteiger partial charge in [-0.15, -0.1) is 0 Å². The number of aliphatic hydroxyl groups is 1. The SMILES string of the molecule is CCC1CCC(O)(CNC(=O)C2CCS(=O)(=O)C2)CC1. The average Bonchev–Trinajstić information content (AvgIpc) is 2.78. The fraction of sp³-hybridized carbons (Fsp3) is 0.929. The fourth-order valence-electron chi connectivity index (χ4n) is 3.20. The number of nitrogens with one attached hydrogen (secondary N) is 1. The van der Waals surface area contributed by atoms with Gasteiger partial charge >= 0.3 is 0 Å². The Kier molecular flexibility index (Phi) is 4.74. The van der Waals surface area contributed by atoms with Crippen LogP contribution in [0.1, 0.15) is 45.4 Å². The van der Waals surface area contributed by atoms with Crippen molar-refractivity contribution in [1.29, 1.82) is 0 Å². The van der Waals surface area contributed by atoms with Crippen LogP contribution in [-0.4, -0.2) is 43.1 Å². The fourth-order valence-corrected chi connectivity index (χ4v) is 4.94. The van der Waals surface area contributed by atoms with Crippen molar-refractivity contribution >= 4 is 15.7 Å². The van der Waals surface area contributed by atoms with Crippen LogP contribution in [0.4, 0.5) is 0 Å². The number of carbonyl (C=O) groups excluding carboxylic acids is 1. The second-order valence-electron chi connectivity index (χ2n) is 6.39. The zero-order chi connectivity index (χ0) is 14.8. The summed E-state index contributed by atoms with van der Waals surface area (Å²) in [5, 5.41) is 13.2. The molecule has 1 saturated heterocycles. The van der Waals surface area contributed by atoms with Gasteiger partial charge in [-0.05, 0) is 38.0 Å². The van der Waals surface area contributed by atoms with Crippen molar-refractivity contribution in [1.82, 2.24) is 5.32 Å². The van der Waals surface area contributed by atoms with Crippen LogP contribution in [-0.2, 0) is 14.6 Å². The number of hydrogen-bond donors (Lipinski definition) is 2. The minimum Gasteiger partial charge on any atom is -0.388 e. The summed E-state index contributed by atoms with van der Waals surface area (Å²) >= 11 is 0. The van der Waals surface area contributed by atoms with Gasteiger partial charge in [0, 0.05) is 6.54 Å². The van der Waals surface area contributed by atoms with Crippen molar-refractivity contribution < 1.29 is 18.3 Å². The Balaban J connectivity index is 1.79. The van der Waals surface area contributed by atoms with E-state index in [1.165, 1.54) is 0 Å². The molecule has 2 aliphatic rings. The maximum Gasteiger partial charge on any atom is 0.224 e. The molecule has 1 aliphatic carbocycles. The Morgan fingerprint density at radius 3 is 2.45 bits per heavy atom. The Bertz CT molecular complexity index is 452. The molecule has 1 heterocycles. The van der Waals surface area contributed by atoms with Crippen LogP contribution in [0.3, 0.4) is 0 Å². The van der Waals surface area contributed by atoms with Crippen molar-refractivity contribution in [3.05, 3.63) is 0 Å². The maximum atomic E-state index is 12.0. The van der Waals surface area contributed by atoms with E-state index in [9.17, 15) is 18.3 Å². The first-order chi connectivity index (χ1) is 9.34. The van der Waals surface area contributed by atoms with E-state index in [2.05, 4.69) is 12.2 Å². The van der Waals surface area contributed by atoms with E-state index < -0.39 is 21.4 Å². The first-order valence-electron chi connectivity index (χ1n) is 7.54. The van der Waals surface area contributed by atoms with Crippen LogP contribution >= 0.6 is 0 Å². The largest absolute Gasteiger partial charge is 0.388 e. The molecule has 0 aromatic rings. The van der Waals surface area contributed by atoms with Gasteiger partial charge < -0.3 is 10.4 Å². The highest BCUT2D eigenvalue weighted by molar-refractivity contribution is 7.91. The summed E-state index contributed by atoms with van der Waals surface area (Å²) in [6, 6.07) is 0. The van der Waals surface area contributed by atoms with Gasteiger partial charge in [0.05, 0.1) is 23.0 Å². The van der Waals surface area contributed by atoms with Gasteiger partial charge in [0.25, 0.3) is 0 Å². The average molecular weight is 303 g/mol. The third-order valence-electron chi connectivity index (χ3n) is 4.81. The molecule has 2 fully saturated rings. The third kappa shape index (κ3) is 3.95. The molecular formula is C14H25NO4S. The van der Waals surface area contributed by atoms with Gasteiger partial charge in [0.1, 0.15) is 0 Å². The van der Waals surface area contributed by atoms with E-state index in [0.29, 0.717) is 12.3 Å². The molecule has 0 aromatic heterocycles. The van der Waals surface area contributed by atoms with Gasteiger partial charge in [0.2, 0.25) is 5.91 Å². The minimum atomic E-state index is -3.03. The lowest BCUT2D eigenvalue weighted by molar-refractivity contribution is -0.126. The summed E-state index contributed by atoms with van der Waals surface area (Å²) in [5.74, 6) is 0.0848. The Morgan fingerprint density at radius 1 is 1.30 bits per heavy atom. The van der Waals surface area contributed by atoms with E-state index in [0.717, 1.165) is 32.1 Å². The second-order valence-corrected chi connectivity index (χ2v) is 8.62. The van der Waals surface area contributed by atoms with E-state index in [1.54, 1.807) is 0 Å². The number of amides is 1. The van der Waals surface area contributed by atoms with Gasteiger partial charge in [-0.1, -0.05) is 13.3 Å². The van der Waals surface area contributed by atoms with Crippen LogP contribution < -0.4 is 5.32 Å². The van der Waals surface area contributed by atoms with Crippen LogP contribution in [0.5, 0.6) is 0 Å². The van der Waals surface area contributed by atoms with Crippen LogP contribution in [0.15, 0.2) is 0 Å². The molecule has 1 amide bonds. The third-order valence-corrected chi connectivity index (χ3v) is 6.58. The molecule has 1 unspecified atom stereocenters. The number of hydrogen-bond acceptors (Lipinski definition) is 4. The minimum absolute atomic E-state index is 0.0465. The standard InChI is InChI=1S/C14H25NO4S/c1-2-11-3-6-14(17,7-4-11)10-15-13(16)12-5-8-20(18,19)9-12/h11-12,17H,2-10H2,1H3,(H,15,16). The summed E-state index contributed by atoms with van der Waals surface area (Å²) in [4.78, 5) is 12.0. The molecule has 116 valence electrons. The van der Waals surface area contributed by atoms with Gasteiger partial charge in [-0.2, -0.15) is 0 Å². The molecule has 1 saturated carbocycles. The summed E-state index contributed by atoms with van der Waals surface area (Å²) in [5.41, 5.74) is -0.807. The zero-order valence-electron chi connectivity index (χ0n) is 12.1. The maximum absolute atomic E-state index is 12.0. The Morgan fingerprint density at radius 2 is 1.95 bits per heavy atom. The van der Waals surface area contributed by atoms with Crippen LogP contribution in [0, 0.1) is 11.8 Å². The summed E-state index contributed by atoms with van der Waals surface area (Å²) in [6.07, 6.45) is 4.98. The summed E-state index contributed by atoms with van der Waals surface area (Å²) in [6.45, 7) is 2.41. The molecule has 5 nitrogen and oxygen atoms in total. The van der Waals surface area contributed by atoms with Gasteiger partial charge in [-0.25, -0.2) is 8.42 Å². The van der Waals surface area contributed by atoms with Crippen molar-refractivity contribution in [3.8, 4) is 0 Å². The van der Waals surface area contributed by atoms with Crippen molar-refractivity contribution in [2.75, 3.05) is 18.1 Å². The Labute approximate surface area is 121 Å².